The van der Waals surface area contributed by atoms with Crippen LogP contribution in [0.25, 0.3) is 0 Å². The fourth-order valence-corrected chi connectivity index (χ4v) is 3.29. The molecule has 0 bridgehead atoms. The van der Waals surface area contributed by atoms with Crippen molar-refractivity contribution in [1.29, 1.82) is 0 Å². The first kappa shape index (κ1) is 23.9. The lowest BCUT2D eigenvalue weighted by Gasteiger charge is -2.24. The predicted octanol–water partition coefficient (Wildman–Crippen LogP) is 5.19. The van der Waals surface area contributed by atoms with Crippen LogP contribution < -0.4 is 5.32 Å². The summed E-state index contributed by atoms with van der Waals surface area (Å²) < 4.78 is 0. The van der Waals surface area contributed by atoms with Gasteiger partial charge in [-0.15, -0.1) is 0 Å². The highest BCUT2D eigenvalue weighted by atomic mass is 16.3. The molecule has 3 N–H and O–H groups in total. The van der Waals surface area contributed by atoms with Crippen LogP contribution in [0.15, 0.2) is 0 Å². The van der Waals surface area contributed by atoms with Crippen molar-refractivity contribution in [2.45, 2.75) is 129 Å². The first-order valence-electron chi connectivity index (χ1n) is 10.7. The Labute approximate surface area is 151 Å². The first-order chi connectivity index (χ1) is 11.6. The summed E-state index contributed by atoms with van der Waals surface area (Å²) in [6.07, 6.45) is 17.9. The SMILES string of the molecule is CCCCCCCCCCCCCCC[C@@H](O)[C@H](CO)NC(C)C. The molecule has 0 unspecified atom stereocenters. The maximum absolute atomic E-state index is 10.1. The predicted molar refractivity (Wildman–Crippen MR) is 105 cm³/mol. The van der Waals surface area contributed by atoms with Gasteiger partial charge in [0.2, 0.25) is 0 Å². The lowest BCUT2D eigenvalue weighted by molar-refractivity contribution is 0.0771. The topological polar surface area (TPSA) is 52.5 Å². The van der Waals surface area contributed by atoms with Crippen LogP contribution in [0, 0.1) is 0 Å². The lowest BCUT2D eigenvalue weighted by Crippen LogP contribution is -2.45. The molecule has 0 fully saturated rings. The highest BCUT2D eigenvalue weighted by molar-refractivity contribution is 4.76. The van der Waals surface area contributed by atoms with Gasteiger partial charge in [0.1, 0.15) is 0 Å². The molecule has 0 aromatic carbocycles. The van der Waals surface area contributed by atoms with Crippen LogP contribution in [0.5, 0.6) is 0 Å². The van der Waals surface area contributed by atoms with E-state index in [1.807, 2.05) is 13.8 Å². The van der Waals surface area contributed by atoms with Gasteiger partial charge in [0.25, 0.3) is 0 Å². The number of aliphatic hydroxyl groups is 2. The molecule has 0 aromatic heterocycles. The van der Waals surface area contributed by atoms with E-state index in [-0.39, 0.29) is 12.6 Å². The van der Waals surface area contributed by atoms with Crippen molar-refractivity contribution in [3.8, 4) is 0 Å². The Morgan fingerprint density at radius 3 is 1.50 bits per heavy atom. The van der Waals surface area contributed by atoms with Crippen molar-refractivity contribution in [1.82, 2.24) is 5.32 Å². The quantitative estimate of drug-likeness (QED) is 0.300. The fraction of sp³-hybridized carbons (Fsp3) is 1.00. The Morgan fingerprint density at radius 1 is 0.708 bits per heavy atom. The fourth-order valence-electron chi connectivity index (χ4n) is 3.29. The van der Waals surface area contributed by atoms with Gasteiger partial charge in [0, 0.05) is 6.04 Å². The second-order valence-corrected chi connectivity index (χ2v) is 7.71. The Hall–Kier alpha value is -0.120. The molecule has 3 nitrogen and oxygen atoms in total. The molecular weight excluding hydrogens is 298 g/mol. The summed E-state index contributed by atoms with van der Waals surface area (Å²) in [4.78, 5) is 0. The Morgan fingerprint density at radius 2 is 1.12 bits per heavy atom. The zero-order valence-corrected chi connectivity index (χ0v) is 16.7. The molecule has 0 rings (SSSR count). The molecule has 0 saturated carbocycles. The summed E-state index contributed by atoms with van der Waals surface area (Å²) in [6, 6.07) is 0.116. The van der Waals surface area contributed by atoms with Gasteiger partial charge in [-0.3, -0.25) is 0 Å². The molecular formula is C21H45NO2. The van der Waals surface area contributed by atoms with Gasteiger partial charge in [-0.1, -0.05) is 104 Å². The highest BCUT2D eigenvalue weighted by Gasteiger charge is 2.18. The Kier molecular flexibility index (Phi) is 17.6. The molecule has 0 amide bonds. The van der Waals surface area contributed by atoms with E-state index < -0.39 is 6.10 Å². The van der Waals surface area contributed by atoms with Crippen LogP contribution in [0.3, 0.4) is 0 Å². The second-order valence-electron chi connectivity index (χ2n) is 7.71. The molecule has 0 spiro atoms. The van der Waals surface area contributed by atoms with Crippen molar-refractivity contribution in [2.75, 3.05) is 6.61 Å². The van der Waals surface area contributed by atoms with Crippen LogP contribution in [0.2, 0.25) is 0 Å². The number of unbranched alkanes of at least 4 members (excludes halogenated alkanes) is 12. The molecule has 0 aliphatic heterocycles. The van der Waals surface area contributed by atoms with Crippen molar-refractivity contribution < 1.29 is 10.2 Å². The maximum Gasteiger partial charge on any atom is 0.0715 e. The molecule has 146 valence electrons. The van der Waals surface area contributed by atoms with Gasteiger partial charge < -0.3 is 15.5 Å². The summed E-state index contributed by atoms with van der Waals surface area (Å²) in [6.45, 7) is 6.37. The first-order valence-corrected chi connectivity index (χ1v) is 10.7. The third kappa shape index (κ3) is 15.4. The second kappa shape index (κ2) is 17.7. The summed E-state index contributed by atoms with van der Waals surface area (Å²) in [5.74, 6) is 0. The van der Waals surface area contributed by atoms with E-state index in [1.165, 1.54) is 77.0 Å². The summed E-state index contributed by atoms with van der Waals surface area (Å²) in [5.41, 5.74) is 0. The average molecular weight is 344 g/mol. The molecule has 0 aliphatic carbocycles. The van der Waals surface area contributed by atoms with Gasteiger partial charge in [-0.2, -0.15) is 0 Å². The van der Waals surface area contributed by atoms with Crippen LogP contribution in [-0.2, 0) is 0 Å². The van der Waals surface area contributed by atoms with Crippen LogP contribution in [0.1, 0.15) is 111 Å². The van der Waals surface area contributed by atoms with Crippen molar-refractivity contribution in [2.24, 2.45) is 0 Å². The molecule has 3 heteroatoms. The normalized spacial score (nSPS) is 14.2. The monoisotopic (exact) mass is 343 g/mol. The lowest BCUT2D eigenvalue weighted by atomic mass is 10.0. The van der Waals surface area contributed by atoms with Gasteiger partial charge >= 0.3 is 0 Å². The van der Waals surface area contributed by atoms with Crippen molar-refractivity contribution >= 4 is 0 Å². The minimum absolute atomic E-state index is 0.0117. The zero-order valence-electron chi connectivity index (χ0n) is 16.7. The standard InChI is InChI=1S/C21H45NO2/c1-4-5-6-7-8-9-10-11-12-13-14-15-16-17-21(24)20(18-23)22-19(2)3/h19-24H,4-18H2,1-3H3/t20-,21+/m0/s1. The highest BCUT2D eigenvalue weighted by Crippen LogP contribution is 2.14. The molecule has 0 heterocycles. The summed E-state index contributed by atoms with van der Waals surface area (Å²) >= 11 is 0. The summed E-state index contributed by atoms with van der Waals surface area (Å²) in [7, 11) is 0. The van der Waals surface area contributed by atoms with Crippen LogP contribution >= 0.6 is 0 Å². The largest absolute Gasteiger partial charge is 0.395 e. The van der Waals surface area contributed by atoms with E-state index >= 15 is 0 Å². The number of hydrogen-bond donors (Lipinski definition) is 3. The van der Waals surface area contributed by atoms with Gasteiger partial charge in [-0.25, -0.2) is 0 Å². The minimum Gasteiger partial charge on any atom is -0.395 e. The van der Waals surface area contributed by atoms with Crippen molar-refractivity contribution in [3.63, 3.8) is 0 Å². The van der Waals surface area contributed by atoms with Gasteiger partial charge in [0.15, 0.2) is 0 Å². The van der Waals surface area contributed by atoms with E-state index in [0.29, 0.717) is 6.04 Å². The molecule has 0 aliphatic rings. The smallest absolute Gasteiger partial charge is 0.0715 e. The van der Waals surface area contributed by atoms with Crippen LogP contribution in [0.4, 0.5) is 0 Å². The summed E-state index contributed by atoms with van der Waals surface area (Å²) in [5, 5.41) is 22.7. The van der Waals surface area contributed by atoms with E-state index in [2.05, 4.69) is 12.2 Å². The van der Waals surface area contributed by atoms with Crippen LogP contribution in [-0.4, -0.2) is 35.0 Å². The number of hydrogen-bond acceptors (Lipinski definition) is 3. The zero-order chi connectivity index (χ0) is 18.0. The number of rotatable bonds is 18. The molecule has 2 atom stereocenters. The number of aliphatic hydroxyl groups excluding tert-OH is 2. The molecule has 0 aromatic rings. The Balaban J connectivity index is 3.32. The number of nitrogens with one attached hydrogen (secondary N) is 1. The van der Waals surface area contributed by atoms with Gasteiger partial charge in [0.05, 0.1) is 18.8 Å². The third-order valence-corrected chi connectivity index (χ3v) is 4.81. The molecule has 0 radical (unpaired) electrons. The average Bonchev–Trinajstić information content (AvgIpc) is 2.56. The van der Waals surface area contributed by atoms with E-state index in [0.717, 1.165) is 12.8 Å². The van der Waals surface area contributed by atoms with Crippen molar-refractivity contribution in [3.05, 3.63) is 0 Å². The van der Waals surface area contributed by atoms with E-state index in [1.54, 1.807) is 0 Å². The minimum atomic E-state index is -0.426. The molecule has 24 heavy (non-hydrogen) atoms. The third-order valence-electron chi connectivity index (χ3n) is 4.81. The molecule has 0 saturated heterocycles. The van der Waals surface area contributed by atoms with E-state index in [9.17, 15) is 10.2 Å². The maximum atomic E-state index is 10.1. The van der Waals surface area contributed by atoms with E-state index in [4.69, 9.17) is 0 Å². The Bertz CT molecular complexity index is 246. The van der Waals surface area contributed by atoms with Gasteiger partial charge in [-0.05, 0) is 6.42 Å².